The van der Waals surface area contributed by atoms with Crippen molar-refractivity contribution in [3.63, 3.8) is 0 Å². The molecule has 0 bridgehead atoms. The van der Waals surface area contributed by atoms with E-state index >= 15 is 0 Å². The van der Waals surface area contributed by atoms with E-state index in [0.29, 0.717) is 25.7 Å². The van der Waals surface area contributed by atoms with Crippen molar-refractivity contribution in [1.82, 2.24) is 0 Å². The van der Waals surface area contributed by atoms with Crippen LogP contribution in [0.5, 0.6) is 0 Å². The lowest BCUT2D eigenvalue weighted by Crippen LogP contribution is -2.65. The minimum Gasteiger partial charge on any atom is -0.455 e. The molecular formula is C44H70O15. The van der Waals surface area contributed by atoms with E-state index < -0.39 is 96.1 Å². The van der Waals surface area contributed by atoms with Gasteiger partial charge in [0.05, 0.1) is 48.8 Å². The SMILES string of the molecule is CC(=O)O[C@@H]1[C@@H](OC(C)=O)[C@H](O[C@H]2CC[C@]34C[C@]35CC[C@]3(C)[C@@H]([C@@]6(C)CC[C@@H](C(C)(C)O)O6)[C@@H](O)C[C@@]3(C)[C@@H]5C[C@H](O[C@@H]3OC[C@@H](O)[C@H](O)[C@H]3O)[C@@H]4C2(C)C)OC[C@H]1O. The molecule has 3 heterocycles. The summed E-state index contributed by atoms with van der Waals surface area (Å²) in [6.07, 6.45) is -5.24. The van der Waals surface area contributed by atoms with Gasteiger partial charge in [-0.2, -0.15) is 0 Å². The predicted molar refractivity (Wildman–Crippen MR) is 207 cm³/mol. The lowest BCUT2D eigenvalue weighted by molar-refractivity contribution is -0.327. The summed E-state index contributed by atoms with van der Waals surface area (Å²) in [6.45, 7) is 16.7. The normalized spacial score (nSPS) is 54.0. The van der Waals surface area contributed by atoms with Crippen LogP contribution in [0.1, 0.15) is 120 Å². The maximum absolute atomic E-state index is 12.3. The third kappa shape index (κ3) is 6.60. The fourth-order valence-corrected chi connectivity index (χ4v) is 15.2. The van der Waals surface area contributed by atoms with Crippen LogP contribution in [0, 0.1) is 44.8 Å². The van der Waals surface area contributed by atoms with Crippen molar-refractivity contribution in [2.75, 3.05) is 13.2 Å². The molecule has 8 aliphatic rings. The van der Waals surface area contributed by atoms with Crippen molar-refractivity contribution in [3.05, 3.63) is 0 Å². The lowest BCUT2D eigenvalue weighted by atomic mass is 9.41. The molecule has 0 unspecified atom stereocenters. The topological polar surface area (TPSA) is 220 Å². The molecule has 3 saturated heterocycles. The number of hydrogen-bond acceptors (Lipinski definition) is 15. The highest BCUT2D eigenvalue weighted by Gasteiger charge is 2.85. The Morgan fingerprint density at radius 3 is 1.98 bits per heavy atom. The number of fused-ring (bicyclic) bond motifs is 2. The summed E-state index contributed by atoms with van der Waals surface area (Å²) in [6, 6.07) is 0. The zero-order valence-electron chi connectivity index (χ0n) is 36.3. The molecule has 0 radical (unpaired) electrons. The number of ether oxygens (including phenoxy) is 7. The molecule has 15 heteroatoms. The van der Waals surface area contributed by atoms with Crippen LogP contribution in [-0.4, -0.2) is 141 Å². The summed E-state index contributed by atoms with van der Waals surface area (Å²) in [7, 11) is 0. The first kappa shape index (κ1) is 44.1. The first-order valence-corrected chi connectivity index (χ1v) is 22.0. The van der Waals surface area contributed by atoms with Gasteiger partial charge in [-0.05, 0) is 117 Å². The van der Waals surface area contributed by atoms with Gasteiger partial charge < -0.3 is 63.8 Å². The minimum atomic E-state index is -1.49. The highest BCUT2D eigenvalue weighted by Crippen LogP contribution is 2.89. The molecular weight excluding hydrogens is 768 g/mol. The Kier molecular flexibility index (Phi) is 10.9. The van der Waals surface area contributed by atoms with Gasteiger partial charge in [0.1, 0.15) is 24.4 Å². The van der Waals surface area contributed by atoms with Gasteiger partial charge in [-0.3, -0.25) is 9.59 Å². The summed E-state index contributed by atoms with van der Waals surface area (Å²) >= 11 is 0. The second-order valence-electron chi connectivity index (χ2n) is 21.8. The summed E-state index contributed by atoms with van der Waals surface area (Å²) in [5.41, 5.74) is -3.16. The fourth-order valence-electron chi connectivity index (χ4n) is 15.2. The Labute approximate surface area is 347 Å². The second kappa shape index (κ2) is 14.5. The van der Waals surface area contributed by atoms with Crippen molar-refractivity contribution < 1.29 is 73.4 Å². The third-order valence-corrected chi connectivity index (χ3v) is 17.8. The van der Waals surface area contributed by atoms with Crippen molar-refractivity contribution >= 4 is 11.9 Å². The number of carbonyl (C=O) groups is 2. The molecule has 5 aliphatic carbocycles. The average Bonchev–Trinajstić information content (AvgIpc) is 3.49. The third-order valence-electron chi connectivity index (χ3n) is 17.8. The van der Waals surface area contributed by atoms with E-state index in [-0.39, 0.29) is 58.7 Å². The summed E-state index contributed by atoms with van der Waals surface area (Å²) < 4.78 is 43.5. The van der Waals surface area contributed by atoms with Crippen LogP contribution < -0.4 is 0 Å². The van der Waals surface area contributed by atoms with Crippen molar-refractivity contribution in [1.29, 1.82) is 0 Å². The van der Waals surface area contributed by atoms with Gasteiger partial charge in [-0.1, -0.05) is 27.7 Å². The van der Waals surface area contributed by atoms with Crippen LogP contribution in [0.25, 0.3) is 0 Å². The molecule has 0 aromatic heterocycles. The molecule has 2 spiro atoms. The molecule has 6 N–H and O–H groups in total. The molecule has 15 nitrogen and oxygen atoms in total. The van der Waals surface area contributed by atoms with E-state index in [0.717, 1.165) is 32.1 Å². The largest absolute Gasteiger partial charge is 0.455 e. The average molecular weight is 839 g/mol. The molecule has 0 aromatic rings. The zero-order valence-corrected chi connectivity index (χ0v) is 36.3. The highest BCUT2D eigenvalue weighted by atomic mass is 16.7. The molecule has 3 aliphatic heterocycles. The van der Waals surface area contributed by atoms with Crippen LogP contribution in [-0.2, 0) is 42.7 Å². The molecule has 336 valence electrons. The zero-order chi connectivity index (χ0) is 43.0. The second-order valence-corrected chi connectivity index (χ2v) is 21.8. The standard InChI is InChI=1S/C44H70O15/c1-21(45)55-32-25(49)19-54-37(33(32)56-22(2)46)58-28-11-13-44-20-43(44)15-14-40(7)34(42(9)12-10-29(59-42)39(5,6)52)23(47)17-41(40,8)27(43)16-26(35(44)38(28,3)4)57-36-31(51)30(50)24(48)18-53-36/h23-37,47-52H,10-20H2,1-9H3/t23-,24+,25+,26-,27-,28-,29-,30-,31+,32-,33+,34-,35+,36-,37-,40+,41-,42+,43-,44+/m0/s1. The van der Waals surface area contributed by atoms with Gasteiger partial charge in [-0.15, -0.1) is 0 Å². The van der Waals surface area contributed by atoms with Gasteiger partial charge in [0, 0.05) is 19.8 Å². The van der Waals surface area contributed by atoms with Crippen LogP contribution >= 0.6 is 0 Å². The first-order chi connectivity index (χ1) is 27.3. The summed E-state index contributed by atoms with van der Waals surface area (Å²) in [5.74, 6) is -1.47. The minimum absolute atomic E-state index is 0.0659. The van der Waals surface area contributed by atoms with Crippen molar-refractivity contribution in [3.8, 4) is 0 Å². The molecule has 20 atom stereocenters. The van der Waals surface area contributed by atoms with E-state index in [1.54, 1.807) is 13.8 Å². The monoisotopic (exact) mass is 838 g/mol. The fraction of sp³-hybridized carbons (Fsp3) is 0.955. The summed E-state index contributed by atoms with van der Waals surface area (Å²) in [4.78, 5) is 24.4. The van der Waals surface area contributed by atoms with Crippen LogP contribution in [0.2, 0.25) is 0 Å². The Morgan fingerprint density at radius 2 is 1.34 bits per heavy atom. The van der Waals surface area contributed by atoms with E-state index in [1.807, 2.05) is 0 Å². The highest BCUT2D eigenvalue weighted by molar-refractivity contribution is 5.67. The number of esters is 2. The Bertz CT molecular complexity index is 1630. The first-order valence-electron chi connectivity index (χ1n) is 22.0. The van der Waals surface area contributed by atoms with Crippen LogP contribution in [0.15, 0.2) is 0 Å². The van der Waals surface area contributed by atoms with Gasteiger partial charge >= 0.3 is 11.9 Å². The summed E-state index contributed by atoms with van der Waals surface area (Å²) in [5, 5.41) is 66.3. The molecule has 5 saturated carbocycles. The van der Waals surface area contributed by atoms with Gasteiger partial charge in [0.15, 0.2) is 24.8 Å². The van der Waals surface area contributed by atoms with Crippen LogP contribution in [0.3, 0.4) is 0 Å². The number of rotatable bonds is 8. The molecule has 8 rings (SSSR count). The molecule has 8 fully saturated rings. The smallest absolute Gasteiger partial charge is 0.303 e. The number of carbonyl (C=O) groups excluding carboxylic acids is 2. The maximum atomic E-state index is 12.3. The molecule has 0 amide bonds. The van der Waals surface area contributed by atoms with Gasteiger partial charge in [0.2, 0.25) is 0 Å². The van der Waals surface area contributed by atoms with E-state index in [1.165, 1.54) is 13.8 Å². The van der Waals surface area contributed by atoms with Gasteiger partial charge in [0.25, 0.3) is 0 Å². The Hall–Kier alpha value is -1.50. The predicted octanol–water partition coefficient (Wildman–Crippen LogP) is 2.50. The lowest BCUT2D eigenvalue weighted by Gasteiger charge is -2.65. The van der Waals surface area contributed by atoms with Crippen LogP contribution in [0.4, 0.5) is 0 Å². The number of aliphatic hydroxyl groups is 6. The Balaban J connectivity index is 1.13. The molecule has 0 aromatic carbocycles. The van der Waals surface area contributed by atoms with E-state index in [9.17, 15) is 40.2 Å². The van der Waals surface area contributed by atoms with E-state index in [4.69, 9.17) is 33.2 Å². The van der Waals surface area contributed by atoms with Crippen molar-refractivity contribution in [2.45, 2.75) is 205 Å². The Morgan fingerprint density at radius 1 is 0.695 bits per heavy atom. The maximum Gasteiger partial charge on any atom is 0.303 e. The number of hydrogen-bond donors (Lipinski definition) is 6. The number of aliphatic hydroxyl groups excluding tert-OH is 5. The quantitative estimate of drug-likeness (QED) is 0.153. The van der Waals surface area contributed by atoms with Crippen molar-refractivity contribution in [2.24, 2.45) is 44.8 Å². The van der Waals surface area contributed by atoms with E-state index in [2.05, 4.69) is 34.6 Å². The molecule has 59 heavy (non-hydrogen) atoms. The van der Waals surface area contributed by atoms with Gasteiger partial charge in [-0.25, -0.2) is 0 Å².